The fourth-order valence-electron chi connectivity index (χ4n) is 6.95. The summed E-state index contributed by atoms with van der Waals surface area (Å²) in [6.07, 6.45) is 0. The molecule has 3 nitrogen and oxygen atoms in total. The van der Waals surface area contributed by atoms with E-state index in [2.05, 4.69) is 184 Å². The quantitative estimate of drug-likeness (QED) is 0.162. The van der Waals surface area contributed by atoms with E-state index in [1.54, 1.807) is 0 Å². The Kier molecular flexibility index (Phi) is 13.4. The molecule has 264 valence electrons. The topological polar surface area (TPSA) is 18.8 Å². The molecule has 0 atom stereocenters. The van der Waals surface area contributed by atoms with E-state index in [4.69, 9.17) is 3.90 Å². The average Bonchev–Trinajstić information content (AvgIpc) is 2.95. The van der Waals surface area contributed by atoms with Gasteiger partial charge >= 0.3 is 305 Å². The van der Waals surface area contributed by atoms with Gasteiger partial charge in [-0.15, -0.1) is 0 Å². The summed E-state index contributed by atoms with van der Waals surface area (Å²) < 4.78 is 12.5. The summed E-state index contributed by atoms with van der Waals surface area (Å²) in [5.41, 5.74) is 12.9. The zero-order chi connectivity index (χ0) is 36.5. The van der Waals surface area contributed by atoms with E-state index >= 15 is 0 Å². The number of nitrogens with zero attached hydrogens (tertiary/aromatic N) is 3. The molecule has 0 fully saturated rings. The van der Waals surface area contributed by atoms with Gasteiger partial charge in [-0.05, 0) is 0 Å². The Bertz CT molecular complexity index is 1410. The Morgan fingerprint density at radius 2 is 0.646 bits per heavy atom. The van der Waals surface area contributed by atoms with Crippen LogP contribution in [-0.2, 0) is 0 Å². The molecule has 0 heterocycles. The summed E-state index contributed by atoms with van der Waals surface area (Å²) in [6, 6.07) is 21.2. The van der Waals surface area contributed by atoms with Crippen LogP contribution >= 0.6 is 0 Å². The molecule has 0 aliphatic carbocycles. The predicted molar refractivity (Wildman–Crippen MR) is 223 cm³/mol. The van der Waals surface area contributed by atoms with E-state index in [1.807, 2.05) is 0 Å². The van der Waals surface area contributed by atoms with Crippen LogP contribution in [0.5, 0.6) is 0 Å². The zero-order valence-electron chi connectivity index (χ0n) is 34.0. The third-order valence-electron chi connectivity index (χ3n) is 9.43. The number of benzene rings is 3. The molecule has 48 heavy (non-hydrogen) atoms. The van der Waals surface area contributed by atoms with Gasteiger partial charge in [0.05, 0.1) is 0 Å². The molecule has 0 radical (unpaired) electrons. The molecule has 0 aromatic heterocycles. The first-order chi connectivity index (χ1) is 22.1. The Balaban J connectivity index is 2.80. The van der Waals surface area contributed by atoms with Crippen LogP contribution < -0.4 is 7.05 Å². The normalized spacial score (nSPS) is 12.7. The monoisotopic (exact) mass is 745 g/mol. The first-order valence-electron chi connectivity index (χ1n) is 18.7. The summed E-state index contributed by atoms with van der Waals surface area (Å²) in [5.74, 6) is 2.46. The van der Waals surface area contributed by atoms with Crippen molar-refractivity contribution in [2.45, 2.75) is 158 Å². The molecule has 0 unspecified atom stereocenters. The fraction of sp³-hybridized carbons (Fsp3) is 0.571. The Hall–Kier alpha value is -1.96. The molecule has 3 aromatic carbocycles. The van der Waals surface area contributed by atoms with Crippen molar-refractivity contribution >= 4 is 48.1 Å². The maximum atomic E-state index is 6.38. The van der Waals surface area contributed by atoms with Crippen LogP contribution in [0.4, 0.5) is 17.1 Å². The molecular weight excluding hydrogens is 675 g/mol. The van der Waals surface area contributed by atoms with Crippen LogP contribution in [0.25, 0.3) is 0 Å². The van der Waals surface area contributed by atoms with E-state index in [-0.39, 0.29) is 0 Å². The van der Waals surface area contributed by atoms with Gasteiger partial charge in [-0.2, -0.15) is 0 Å². The Labute approximate surface area is 303 Å². The van der Waals surface area contributed by atoms with Gasteiger partial charge in [0.25, 0.3) is 0 Å². The van der Waals surface area contributed by atoms with Gasteiger partial charge in [-0.25, -0.2) is 0 Å². The number of para-hydroxylation sites is 2. The van der Waals surface area contributed by atoms with E-state index in [0.717, 1.165) is 0 Å². The minimum atomic E-state index is -2.83. The first-order valence-corrected chi connectivity index (χ1v) is 28.4. The number of hydrogen-bond donors (Lipinski definition) is 0. The van der Waals surface area contributed by atoms with Gasteiger partial charge in [0, 0.05) is 0 Å². The van der Waals surface area contributed by atoms with Crippen molar-refractivity contribution in [3.05, 3.63) is 88.0 Å². The average molecular weight is 745 g/mol. The molecule has 0 N–H and O–H groups in total. The first kappa shape index (κ1) is 40.5. The van der Waals surface area contributed by atoms with Crippen molar-refractivity contribution in [2.24, 2.45) is 3.90 Å². The Morgan fingerprint density at radius 1 is 0.417 bits per heavy atom. The molecule has 0 aliphatic rings. The van der Waals surface area contributed by atoms with Crippen molar-refractivity contribution in [2.75, 3.05) is 7.05 Å². The molecule has 3 rings (SSSR count). The molecule has 0 bridgehead atoms. The third kappa shape index (κ3) is 8.84. The molecule has 0 saturated carbocycles. The molecule has 0 amide bonds. The molecule has 0 aliphatic heterocycles. The van der Waals surface area contributed by atoms with Crippen molar-refractivity contribution in [1.82, 2.24) is 0 Å². The van der Waals surface area contributed by atoms with Gasteiger partial charge in [0.2, 0.25) is 0 Å². The fourth-order valence-corrected chi connectivity index (χ4v) is 23.4. The predicted octanol–water partition coefficient (Wildman–Crippen LogP) is 14.0. The summed E-state index contributed by atoms with van der Waals surface area (Å²) in [5, 5.41) is 0. The summed E-state index contributed by atoms with van der Waals surface area (Å²) in [6.45, 7) is 43.9. The minimum absolute atomic E-state index is 0.394. The summed E-state index contributed by atoms with van der Waals surface area (Å²) in [7, 11) is -4.11. The summed E-state index contributed by atoms with van der Waals surface area (Å²) in [4.78, 5) is 0. The van der Waals surface area contributed by atoms with Crippen molar-refractivity contribution in [1.29, 1.82) is 0 Å². The van der Waals surface area contributed by atoms with Crippen LogP contribution in [-0.4, -0.2) is 31.1 Å². The van der Waals surface area contributed by atoms with E-state index < -0.39 is 31.1 Å². The van der Waals surface area contributed by atoms with Gasteiger partial charge in [0.1, 0.15) is 0 Å². The summed E-state index contributed by atoms with van der Waals surface area (Å²) >= 11 is -2.83. The molecule has 0 spiro atoms. The number of rotatable bonds is 13. The van der Waals surface area contributed by atoms with E-state index in [9.17, 15) is 0 Å². The zero-order valence-corrected chi connectivity index (χ0v) is 38.1. The van der Waals surface area contributed by atoms with Gasteiger partial charge < -0.3 is 0 Å². The molecular formula is C42H69GeN3Si2. The SMILES string of the molecule is CC(C)c1cccc(C(C)C)c1[N]=[Ge]([N](c1c(C(C)C)cccc1C(C)C)[Si](C)(C)C)[N](c1c(C(C)C)cccc1C(C)C)[Si](C)(C)C. The third-order valence-corrected chi connectivity index (χ3v) is 26.6. The second-order valence-corrected chi connectivity index (χ2v) is 32.8. The second-order valence-electron chi connectivity index (χ2n) is 17.7. The molecule has 3 aromatic rings. The van der Waals surface area contributed by atoms with Crippen LogP contribution in [0.1, 0.15) is 152 Å². The molecule has 6 heteroatoms. The van der Waals surface area contributed by atoms with Crippen LogP contribution in [0.2, 0.25) is 39.3 Å². The van der Waals surface area contributed by atoms with Crippen molar-refractivity contribution < 1.29 is 0 Å². The number of hydrogen-bond acceptors (Lipinski definition) is 1. The van der Waals surface area contributed by atoms with Crippen LogP contribution in [0.15, 0.2) is 58.5 Å². The molecule has 0 saturated heterocycles. The standard InChI is InChI=1S/C42H69GeN3Si2/c1-28(2)34-22-19-23-35(29(3)4)40(34)44-43(45(47(13,14)15)41-36(30(5)6)24-20-25-37(41)31(7)8)46(48(16,17)18)42-38(32(9)10)26-21-27-39(42)33(11)12/h19-33H,1-18H3. The number of anilines is 2. The van der Waals surface area contributed by atoms with Gasteiger partial charge in [-0.1, -0.05) is 0 Å². The van der Waals surface area contributed by atoms with Gasteiger partial charge in [-0.3, -0.25) is 0 Å². The Morgan fingerprint density at radius 3 is 0.854 bits per heavy atom. The second kappa shape index (κ2) is 15.9. The van der Waals surface area contributed by atoms with Crippen LogP contribution in [0.3, 0.4) is 0 Å². The van der Waals surface area contributed by atoms with Crippen molar-refractivity contribution in [3.63, 3.8) is 0 Å². The maximum absolute atomic E-state index is 6.38. The van der Waals surface area contributed by atoms with Gasteiger partial charge in [0.15, 0.2) is 0 Å². The van der Waals surface area contributed by atoms with Crippen molar-refractivity contribution in [3.8, 4) is 0 Å². The van der Waals surface area contributed by atoms with E-state index in [1.165, 1.54) is 50.4 Å². The van der Waals surface area contributed by atoms with E-state index in [0.29, 0.717) is 35.5 Å². The van der Waals surface area contributed by atoms with Crippen LogP contribution in [0, 0.1) is 0 Å².